The van der Waals surface area contributed by atoms with Crippen molar-refractivity contribution in [3.05, 3.63) is 110 Å². The van der Waals surface area contributed by atoms with E-state index in [2.05, 4.69) is 81.9 Å². The van der Waals surface area contributed by atoms with E-state index in [1.54, 1.807) is 6.92 Å². The van der Waals surface area contributed by atoms with Gasteiger partial charge in [0.1, 0.15) is 5.75 Å². The van der Waals surface area contributed by atoms with Gasteiger partial charge in [0.15, 0.2) is 6.29 Å². The van der Waals surface area contributed by atoms with Crippen molar-refractivity contribution in [2.24, 2.45) is 0 Å². The number of hydrogen-bond acceptors (Lipinski definition) is 12. The molecule has 0 aromatic heterocycles. The Morgan fingerprint density at radius 1 is 0.489 bits per heavy atom. The van der Waals surface area contributed by atoms with Crippen LogP contribution in [0.4, 0.5) is 0 Å². The SMILES string of the molecule is C#C[C@@H](CC(=O)OCC)c1ccc(OC2CCCCO2)cc1.C=[C]([C@@H](CC(=O)OCC)c1ccc(OC2CCCCO2)cc1)[Sn]([CH2]CCC)([CH2]CCC)[CH2]CCC.CCC[CH2][Sn](/[CH]=C/[C@@H](CC(=O)OCC)c1ccc(OC2CCCCO2)cc1)([CH2]CCC)[CH2]CCC. The molecule has 3 unspecified atom stereocenters. The van der Waals surface area contributed by atoms with E-state index in [0.717, 1.165) is 106 Å². The standard InChI is InChI=1S/2C18H23O4.C18H22O4.6C4H9.2Sn/c3*1-3-14(13-17(19)20-4-2)15-8-10-16(11-9-15)22-18-7-5-6-12-21-18;6*1-3-4-2;;/h8-11,14,18H,1,4-7,12-13H2,2H3;1,3,8-11,14,18H,4-7,12-13H2,2H3;1,8-11,14,18H,4-7,12-13H2,2H3;6*1,3-4H2,2H3;;/t3*14-,18?;;;;;;;;/m000......../s1. The zero-order chi connectivity index (χ0) is 66.7. The van der Waals surface area contributed by atoms with Gasteiger partial charge in [-0.2, -0.15) is 0 Å². The third-order valence-corrected chi connectivity index (χ3v) is 48.5. The summed E-state index contributed by atoms with van der Waals surface area (Å²) in [4.78, 5) is 36.8. The Morgan fingerprint density at radius 2 is 0.837 bits per heavy atom. The average Bonchev–Trinajstić information content (AvgIpc) is 1.10. The van der Waals surface area contributed by atoms with Crippen LogP contribution in [0.15, 0.2) is 93.1 Å². The fourth-order valence-electron chi connectivity index (χ4n) is 12.7. The molecule has 14 heteroatoms. The second-order valence-electron chi connectivity index (χ2n) is 25.5. The van der Waals surface area contributed by atoms with Crippen LogP contribution in [0.5, 0.6) is 17.2 Å². The second-order valence-corrected chi connectivity index (χ2v) is 51.9. The van der Waals surface area contributed by atoms with Crippen LogP contribution in [-0.4, -0.2) is 113 Å². The fourth-order valence-corrected chi connectivity index (χ4v) is 43.7. The van der Waals surface area contributed by atoms with Gasteiger partial charge in [-0.05, 0) is 37.5 Å². The third-order valence-electron chi connectivity index (χ3n) is 18.2. The number of hydrogen-bond donors (Lipinski definition) is 0. The molecule has 3 fully saturated rings. The summed E-state index contributed by atoms with van der Waals surface area (Å²) in [5, 5.41) is 0. The van der Waals surface area contributed by atoms with E-state index >= 15 is 0 Å². The van der Waals surface area contributed by atoms with E-state index in [4.69, 9.17) is 55.6 Å². The Kier molecular flexibility index (Phi) is 41.8. The molecule has 0 bridgehead atoms. The molecule has 3 heterocycles. The molecule has 0 spiro atoms. The summed E-state index contributed by atoms with van der Waals surface area (Å²) in [6.07, 6.45) is 33.3. The first kappa shape index (κ1) is 80.4. The van der Waals surface area contributed by atoms with Crippen LogP contribution < -0.4 is 14.2 Å². The Bertz CT molecular complexity index is 2480. The Balaban J connectivity index is 0.000000302. The van der Waals surface area contributed by atoms with Crippen molar-refractivity contribution < 1.29 is 57.0 Å². The van der Waals surface area contributed by atoms with Crippen LogP contribution in [0.2, 0.25) is 26.6 Å². The molecule has 0 amide bonds. The molecule has 0 radical (unpaired) electrons. The van der Waals surface area contributed by atoms with Crippen LogP contribution in [0, 0.1) is 12.3 Å². The Labute approximate surface area is 566 Å². The molecule has 6 rings (SSSR count). The van der Waals surface area contributed by atoms with Crippen LogP contribution >= 0.6 is 0 Å². The van der Waals surface area contributed by atoms with Crippen molar-refractivity contribution in [2.75, 3.05) is 39.6 Å². The van der Waals surface area contributed by atoms with Crippen LogP contribution in [0.1, 0.15) is 251 Å². The number of unbranched alkanes of at least 4 members (excludes halogenated alkanes) is 6. The molecule has 3 saturated heterocycles. The molecule has 6 atom stereocenters. The number of carbonyl (C=O) groups excluding carboxylic acids is 3. The second kappa shape index (κ2) is 47.8. The molecule has 3 aliphatic heterocycles. The maximum absolute atomic E-state index is 12.7. The molecule has 12 nitrogen and oxygen atoms in total. The summed E-state index contributed by atoms with van der Waals surface area (Å²) in [6.45, 7) is 27.7. The average molecular weight is 1490 g/mol. The first-order valence-corrected chi connectivity index (χ1v) is 51.4. The molecule has 3 aromatic rings. The zero-order valence-electron chi connectivity index (χ0n) is 58.7. The van der Waals surface area contributed by atoms with Gasteiger partial charge in [-0.25, -0.2) is 0 Å². The minimum atomic E-state index is -2.75. The van der Waals surface area contributed by atoms with Crippen LogP contribution in [0.25, 0.3) is 0 Å². The number of rotatable bonds is 40. The number of benzene rings is 3. The first-order chi connectivity index (χ1) is 44.8. The monoisotopic (exact) mass is 1490 g/mol. The van der Waals surface area contributed by atoms with Gasteiger partial charge in [-0.3, -0.25) is 4.79 Å². The van der Waals surface area contributed by atoms with Gasteiger partial charge >= 0.3 is 445 Å². The van der Waals surface area contributed by atoms with Crippen LogP contribution in [0.3, 0.4) is 0 Å². The number of carbonyl (C=O) groups is 3. The fraction of sp³-hybridized carbons (Fsp3) is 0.654. The summed E-state index contributed by atoms with van der Waals surface area (Å²) in [5.74, 6) is 4.36. The normalized spacial score (nSPS) is 17.7. The molecule has 514 valence electrons. The number of terminal acetylenes is 1. The molecular formula is C78H122O12Sn2. The van der Waals surface area contributed by atoms with Gasteiger partial charge in [0.05, 0.1) is 25.6 Å². The van der Waals surface area contributed by atoms with Gasteiger partial charge < -0.3 is 14.2 Å². The predicted molar refractivity (Wildman–Crippen MR) is 381 cm³/mol. The quantitative estimate of drug-likeness (QED) is 0.0232. The third kappa shape index (κ3) is 30.4. The molecular weight excluding hydrogens is 1370 g/mol. The molecule has 3 aromatic carbocycles. The molecule has 92 heavy (non-hydrogen) atoms. The minimum absolute atomic E-state index is 0.0374. The number of allylic oxidation sites excluding steroid dienone is 2. The van der Waals surface area contributed by atoms with Gasteiger partial charge in [0.25, 0.3) is 0 Å². The Morgan fingerprint density at radius 3 is 1.18 bits per heavy atom. The summed E-state index contributed by atoms with van der Waals surface area (Å²) >= 11 is -5.19. The zero-order valence-corrected chi connectivity index (χ0v) is 64.4. The Hall–Kier alpha value is -4.01. The molecule has 0 saturated carbocycles. The molecule has 0 aliphatic carbocycles. The van der Waals surface area contributed by atoms with Gasteiger partial charge in [-0.1, -0.05) is 18.1 Å². The summed E-state index contributed by atoms with van der Waals surface area (Å²) in [6, 6.07) is 24.2. The van der Waals surface area contributed by atoms with E-state index in [9.17, 15) is 14.4 Å². The topological polar surface area (TPSA) is 134 Å². The summed E-state index contributed by atoms with van der Waals surface area (Å²) in [5.41, 5.74) is 3.24. The van der Waals surface area contributed by atoms with Crippen molar-refractivity contribution in [3.63, 3.8) is 0 Å². The van der Waals surface area contributed by atoms with E-state index in [0.29, 0.717) is 32.7 Å². The van der Waals surface area contributed by atoms with E-state index in [1.165, 1.54) is 113 Å². The predicted octanol–water partition coefficient (Wildman–Crippen LogP) is 20.4. The van der Waals surface area contributed by atoms with Gasteiger partial charge in [0.2, 0.25) is 0 Å². The van der Waals surface area contributed by atoms with E-state index in [-0.39, 0.29) is 61.0 Å². The van der Waals surface area contributed by atoms with Crippen molar-refractivity contribution in [2.45, 2.75) is 280 Å². The summed E-state index contributed by atoms with van der Waals surface area (Å²) < 4.78 is 63.1. The molecule has 3 aliphatic rings. The molecule has 0 N–H and O–H groups in total. The van der Waals surface area contributed by atoms with E-state index < -0.39 is 36.8 Å². The summed E-state index contributed by atoms with van der Waals surface area (Å²) in [7, 11) is 0. The maximum atomic E-state index is 12.7. The van der Waals surface area contributed by atoms with Gasteiger partial charge in [0, 0.05) is 6.42 Å². The van der Waals surface area contributed by atoms with Crippen LogP contribution in [-0.2, 0) is 42.8 Å². The van der Waals surface area contributed by atoms with Crippen molar-refractivity contribution in [3.8, 4) is 29.6 Å². The van der Waals surface area contributed by atoms with Crippen molar-refractivity contribution in [1.82, 2.24) is 0 Å². The number of ether oxygens (including phenoxy) is 9. The van der Waals surface area contributed by atoms with Crippen molar-refractivity contribution >= 4 is 54.7 Å². The first-order valence-electron chi connectivity index (χ1n) is 36.2. The van der Waals surface area contributed by atoms with Gasteiger partial charge in [-0.15, -0.1) is 6.42 Å². The number of esters is 3. The van der Waals surface area contributed by atoms with E-state index in [1.807, 2.05) is 62.4 Å². The van der Waals surface area contributed by atoms with Crippen molar-refractivity contribution in [1.29, 1.82) is 0 Å².